The lowest BCUT2D eigenvalue weighted by molar-refractivity contribution is 0.0983. The molecule has 0 aliphatic carbocycles. The quantitative estimate of drug-likeness (QED) is 0.802. The van der Waals surface area contributed by atoms with Gasteiger partial charge in [0, 0.05) is 17.4 Å². The van der Waals surface area contributed by atoms with Gasteiger partial charge in [-0.25, -0.2) is 0 Å². The molecule has 1 aromatic carbocycles. The van der Waals surface area contributed by atoms with Gasteiger partial charge in [-0.05, 0) is 24.6 Å². The van der Waals surface area contributed by atoms with Crippen LogP contribution in [-0.4, -0.2) is 15.6 Å². The standard InChI is InChI=1S/C13H12BrClN2O/c1-2-17-13(11(15)8-16-17)12(18)7-9-3-5-10(14)6-4-9/h3-6,8H,2,7H2,1H3. The Hall–Kier alpha value is -1.13. The highest BCUT2D eigenvalue weighted by molar-refractivity contribution is 9.10. The van der Waals surface area contributed by atoms with Crippen molar-refractivity contribution in [1.82, 2.24) is 9.78 Å². The van der Waals surface area contributed by atoms with Gasteiger partial charge in [0.05, 0.1) is 11.2 Å². The summed E-state index contributed by atoms with van der Waals surface area (Å²) >= 11 is 9.36. The van der Waals surface area contributed by atoms with Gasteiger partial charge >= 0.3 is 0 Å². The minimum atomic E-state index is -0.0123. The molecule has 0 atom stereocenters. The van der Waals surface area contributed by atoms with Gasteiger partial charge in [-0.15, -0.1) is 0 Å². The van der Waals surface area contributed by atoms with Gasteiger partial charge in [0.15, 0.2) is 5.78 Å². The van der Waals surface area contributed by atoms with Crippen LogP contribution in [0, 0.1) is 0 Å². The number of carbonyl (C=O) groups excluding carboxylic acids is 1. The molecule has 0 amide bonds. The van der Waals surface area contributed by atoms with Gasteiger partial charge in [-0.3, -0.25) is 9.48 Å². The van der Waals surface area contributed by atoms with E-state index in [0.717, 1.165) is 10.0 Å². The first kappa shape index (κ1) is 13.3. The molecule has 5 heteroatoms. The topological polar surface area (TPSA) is 34.9 Å². The van der Waals surface area contributed by atoms with Gasteiger partial charge in [0.2, 0.25) is 0 Å². The fourth-order valence-electron chi connectivity index (χ4n) is 1.75. The van der Waals surface area contributed by atoms with Crippen molar-refractivity contribution in [3.8, 4) is 0 Å². The fourth-order valence-corrected chi connectivity index (χ4v) is 2.26. The molecule has 3 nitrogen and oxygen atoms in total. The van der Waals surface area contributed by atoms with E-state index in [4.69, 9.17) is 11.6 Å². The third kappa shape index (κ3) is 2.82. The maximum absolute atomic E-state index is 12.2. The van der Waals surface area contributed by atoms with Crippen molar-refractivity contribution in [2.24, 2.45) is 0 Å². The summed E-state index contributed by atoms with van der Waals surface area (Å²) in [7, 11) is 0. The number of hydrogen-bond donors (Lipinski definition) is 0. The molecule has 2 rings (SSSR count). The van der Waals surface area contributed by atoms with E-state index in [0.29, 0.717) is 23.7 Å². The Bertz CT molecular complexity index is 563. The number of hydrogen-bond acceptors (Lipinski definition) is 2. The number of aromatic nitrogens is 2. The molecule has 0 fully saturated rings. The van der Waals surface area contributed by atoms with Crippen molar-refractivity contribution in [1.29, 1.82) is 0 Å². The van der Waals surface area contributed by atoms with E-state index in [2.05, 4.69) is 21.0 Å². The van der Waals surface area contributed by atoms with Crippen LogP contribution in [0.3, 0.4) is 0 Å². The highest BCUT2D eigenvalue weighted by Crippen LogP contribution is 2.18. The molecule has 0 aliphatic heterocycles. The maximum Gasteiger partial charge on any atom is 0.186 e. The molecule has 0 bridgehead atoms. The Morgan fingerprint density at radius 1 is 1.39 bits per heavy atom. The van der Waals surface area contributed by atoms with Crippen molar-refractivity contribution in [3.63, 3.8) is 0 Å². The second-order valence-electron chi connectivity index (χ2n) is 3.88. The van der Waals surface area contributed by atoms with Gasteiger partial charge < -0.3 is 0 Å². The number of halogens is 2. The van der Waals surface area contributed by atoms with E-state index in [9.17, 15) is 4.79 Å². The molecular weight excluding hydrogens is 316 g/mol. The first-order valence-electron chi connectivity index (χ1n) is 5.60. The number of carbonyl (C=O) groups is 1. The van der Waals surface area contributed by atoms with Gasteiger partial charge in [-0.2, -0.15) is 5.10 Å². The molecule has 0 saturated carbocycles. The van der Waals surface area contributed by atoms with Crippen LogP contribution in [0.25, 0.3) is 0 Å². The Labute approximate surface area is 119 Å². The largest absolute Gasteiger partial charge is 0.292 e. The minimum Gasteiger partial charge on any atom is -0.292 e. The van der Waals surface area contributed by atoms with Crippen molar-refractivity contribution >= 4 is 33.3 Å². The van der Waals surface area contributed by atoms with Crippen LogP contribution in [0.4, 0.5) is 0 Å². The van der Waals surface area contributed by atoms with Crippen LogP contribution in [0.15, 0.2) is 34.9 Å². The predicted octanol–water partition coefficient (Wildman–Crippen LogP) is 3.74. The number of Topliss-reactive ketones (excluding diaryl/α,β-unsaturated/α-hetero) is 1. The Morgan fingerprint density at radius 2 is 2.06 bits per heavy atom. The summed E-state index contributed by atoms with van der Waals surface area (Å²) in [6.07, 6.45) is 1.85. The van der Waals surface area contributed by atoms with Crippen molar-refractivity contribution in [3.05, 3.63) is 51.2 Å². The summed E-state index contributed by atoms with van der Waals surface area (Å²) in [5.74, 6) is -0.0123. The smallest absolute Gasteiger partial charge is 0.186 e. The monoisotopic (exact) mass is 326 g/mol. The van der Waals surface area contributed by atoms with Crippen LogP contribution in [0.5, 0.6) is 0 Å². The molecular formula is C13H12BrClN2O. The summed E-state index contributed by atoms with van der Waals surface area (Å²) < 4.78 is 2.62. The Kier molecular flexibility index (Phi) is 4.19. The molecule has 1 heterocycles. The Morgan fingerprint density at radius 3 is 2.67 bits per heavy atom. The molecule has 0 spiro atoms. The first-order valence-corrected chi connectivity index (χ1v) is 6.78. The molecule has 2 aromatic rings. The van der Waals surface area contributed by atoms with Crippen molar-refractivity contribution in [2.45, 2.75) is 19.9 Å². The number of ketones is 1. The zero-order valence-corrected chi connectivity index (χ0v) is 12.2. The average Bonchev–Trinajstić information content (AvgIpc) is 2.73. The van der Waals surface area contributed by atoms with Crippen LogP contribution in [-0.2, 0) is 13.0 Å². The van der Waals surface area contributed by atoms with E-state index >= 15 is 0 Å². The SMILES string of the molecule is CCn1ncc(Cl)c1C(=O)Cc1ccc(Br)cc1. The molecule has 18 heavy (non-hydrogen) atoms. The average molecular weight is 328 g/mol. The number of benzene rings is 1. The van der Waals surface area contributed by atoms with E-state index < -0.39 is 0 Å². The number of aryl methyl sites for hydroxylation is 1. The predicted molar refractivity (Wildman–Crippen MR) is 75.1 cm³/mol. The third-order valence-electron chi connectivity index (χ3n) is 2.64. The molecule has 94 valence electrons. The summed E-state index contributed by atoms with van der Waals surface area (Å²) in [6.45, 7) is 2.56. The van der Waals surface area contributed by atoms with Crippen molar-refractivity contribution < 1.29 is 4.79 Å². The molecule has 0 unspecified atom stereocenters. The van der Waals surface area contributed by atoms with E-state index in [1.807, 2.05) is 31.2 Å². The zero-order valence-electron chi connectivity index (χ0n) is 9.86. The summed E-state index contributed by atoms with van der Waals surface area (Å²) in [4.78, 5) is 12.2. The van der Waals surface area contributed by atoms with E-state index in [-0.39, 0.29) is 5.78 Å². The van der Waals surface area contributed by atoms with Crippen LogP contribution >= 0.6 is 27.5 Å². The summed E-state index contributed by atoms with van der Waals surface area (Å²) in [5.41, 5.74) is 1.45. The van der Waals surface area contributed by atoms with Crippen molar-refractivity contribution in [2.75, 3.05) is 0 Å². The molecule has 0 aliphatic rings. The zero-order chi connectivity index (χ0) is 13.1. The van der Waals surface area contributed by atoms with E-state index in [1.54, 1.807) is 4.68 Å². The third-order valence-corrected chi connectivity index (χ3v) is 3.44. The highest BCUT2D eigenvalue weighted by Gasteiger charge is 2.16. The Balaban J connectivity index is 2.21. The van der Waals surface area contributed by atoms with Gasteiger partial charge in [0.25, 0.3) is 0 Å². The van der Waals surface area contributed by atoms with Crippen LogP contribution < -0.4 is 0 Å². The van der Waals surface area contributed by atoms with Gasteiger partial charge in [0.1, 0.15) is 5.69 Å². The summed E-state index contributed by atoms with van der Waals surface area (Å²) in [6, 6.07) is 7.67. The lowest BCUT2D eigenvalue weighted by Crippen LogP contribution is -2.12. The lowest BCUT2D eigenvalue weighted by atomic mass is 10.1. The first-order chi connectivity index (χ1) is 8.61. The maximum atomic E-state index is 12.2. The lowest BCUT2D eigenvalue weighted by Gasteiger charge is -2.05. The molecule has 0 radical (unpaired) electrons. The molecule has 1 aromatic heterocycles. The second-order valence-corrected chi connectivity index (χ2v) is 5.21. The number of rotatable bonds is 4. The molecule has 0 N–H and O–H groups in total. The normalized spacial score (nSPS) is 10.6. The number of nitrogens with zero attached hydrogens (tertiary/aromatic N) is 2. The fraction of sp³-hybridized carbons (Fsp3) is 0.231. The van der Waals surface area contributed by atoms with Crippen LogP contribution in [0.2, 0.25) is 5.02 Å². The second kappa shape index (κ2) is 5.67. The van der Waals surface area contributed by atoms with Gasteiger partial charge in [-0.1, -0.05) is 39.7 Å². The minimum absolute atomic E-state index is 0.0123. The highest BCUT2D eigenvalue weighted by atomic mass is 79.9. The molecule has 0 saturated heterocycles. The van der Waals surface area contributed by atoms with E-state index in [1.165, 1.54) is 6.20 Å². The van der Waals surface area contributed by atoms with Crippen LogP contribution in [0.1, 0.15) is 23.0 Å². The summed E-state index contributed by atoms with van der Waals surface area (Å²) in [5, 5.41) is 4.48.